The molecule has 2 N–H and O–H groups in total. The lowest BCUT2D eigenvalue weighted by Gasteiger charge is -2.21. The highest BCUT2D eigenvalue weighted by Gasteiger charge is 2.12. The number of hydrogen-bond acceptors (Lipinski definition) is 3. The summed E-state index contributed by atoms with van der Waals surface area (Å²) in [5.41, 5.74) is 0.482. The zero-order valence-corrected chi connectivity index (χ0v) is 8.97. The summed E-state index contributed by atoms with van der Waals surface area (Å²) in [7, 11) is 0. The SMILES string of the molecule is O=C(O)CCN(CC(=O)O)c1ccc(F)cc1. The van der Waals surface area contributed by atoms with Crippen molar-refractivity contribution in [3.8, 4) is 0 Å². The molecule has 1 aromatic carbocycles. The Bertz CT molecular complexity index is 404. The number of halogens is 1. The van der Waals surface area contributed by atoms with Crippen LogP contribution < -0.4 is 4.90 Å². The van der Waals surface area contributed by atoms with Crippen molar-refractivity contribution in [2.45, 2.75) is 6.42 Å². The molecular formula is C11H12FNO4. The van der Waals surface area contributed by atoms with Crippen LogP contribution in [0.3, 0.4) is 0 Å². The summed E-state index contributed by atoms with van der Waals surface area (Å²) < 4.78 is 12.7. The van der Waals surface area contributed by atoms with Crippen molar-refractivity contribution >= 4 is 17.6 Å². The van der Waals surface area contributed by atoms with Gasteiger partial charge in [0.2, 0.25) is 0 Å². The first-order valence-electron chi connectivity index (χ1n) is 4.93. The van der Waals surface area contributed by atoms with E-state index in [0.717, 1.165) is 0 Å². The minimum atomic E-state index is -1.07. The maximum atomic E-state index is 12.7. The van der Waals surface area contributed by atoms with Crippen LogP contribution in [0, 0.1) is 5.82 Å². The fourth-order valence-electron chi connectivity index (χ4n) is 1.35. The first-order valence-corrected chi connectivity index (χ1v) is 4.93. The third kappa shape index (κ3) is 4.50. The van der Waals surface area contributed by atoms with Crippen LogP contribution >= 0.6 is 0 Å². The molecule has 0 fully saturated rings. The van der Waals surface area contributed by atoms with Crippen LogP contribution in [0.5, 0.6) is 0 Å². The van der Waals surface area contributed by atoms with Crippen molar-refractivity contribution in [1.29, 1.82) is 0 Å². The summed E-state index contributed by atoms with van der Waals surface area (Å²) in [4.78, 5) is 22.4. The first-order chi connectivity index (χ1) is 7.99. The molecule has 0 amide bonds. The minimum Gasteiger partial charge on any atom is -0.481 e. The standard InChI is InChI=1S/C11H12FNO4/c12-8-1-3-9(4-2-8)13(7-11(16)17)6-5-10(14)15/h1-4H,5-7H2,(H,14,15)(H,16,17). The summed E-state index contributed by atoms with van der Waals surface area (Å²) in [6, 6.07) is 5.23. The quantitative estimate of drug-likeness (QED) is 0.782. The van der Waals surface area contributed by atoms with Gasteiger partial charge in [-0.3, -0.25) is 9.59 Å². The maximum absolute atomic E-state index is 12.7. The van der Waals surface area contributed by atoms with Crippen molar-refractivity contribution in [3.63, 3.8) is 0 Å². The lowest BCUT2D eigenvalue weighted by Crippen LogP contribution is -2.31. The summed E-state index contributed by atoms with van der Waals surface area (Å²) in [6.45, 7) is -0.258. The van der Waals surface area contributed by atoms with Gasteiger partial charge < -0.3 is 15.1 Å². The average Bonchev–Trinajstić information content (AvgIpc) is 2.25. The Labute approximate surface area is 97.1 Å². The van der Waals surface area contributed by atoms with E-state index in [2.05, 4.69) is 0 Å². The number of carbonyl (C=O) groups is 2. The Morgan fingerprint density at radius 3 is 2.18 bits per heavy atom. The van der Waals surface area contributed by atoms with Gasteiger partial charge in [-0.2, -0.15) is 0 Å². The van der Waals surface area contributed by atoms with Gasteiger partial charge in [-0.25, -0.2) is 4.39 Å². The summed E-state index contributed by atoms with van der Waals surface area (Å²) in [5.74, 6) is -2.51. The molecular weight excluding hydrogens is 229 g/mol. The average molecular weight is 241 g/mol. The molecule has 0 heterocycles. The number of nitrogens with zero attached hydrogens (tertiary/aromatic N) is 1. The molecule has 0 saturated heterocycles. The molecule has 0 spiro atoms. The highest BCUT2D eigenvalue weighted by Crippen LogP contribution is 2.14. The van der Waals surface area contributed by atoms with Crippen LogP contribution in [0.4, 0.5) is 10.1 Å². The Morgan fingerprint density at radius 2 is 1.71 bits per heavy atom. The lowest BCUT2D eigenvalue weighted by atomic mass is 10.2. The molecule has 17 heavy (non-hydrogen) atoms. The van der Waals surface area contributed by atoms with Gasteiger partial charge >= 0.3 is 11.9 Å². The second-order valence-corrected chi connectivity index (χ2v) is 3.44. The van der Waals surface area contributed by atoms with Gasteiger partial charge in [-0.1, -0.05) is 0 Å². The predicted molar refractivity (Wildman–Crippen MR) is 58.5 cm³/mol. The van der Waals surface area contributed by atoms with E-state index < -0.39 is 17.8 Å². The van der Waals surface area contributed by atoms with Crippen LogP contribution in [-0.4, -0.2) is 35.2 Å². The third-order valence-electron chi connectivity index (χ3n) is 2.11. The van der Waals surface area contributed by atoms with Crippen LogP contribution in [0.1, 0.15) is 6.42 Å². The molecule has 92 valence electrons. The zero-order valence-electron chi connectivity index (χ0n) is 8.97. The smallest absolute Gasteiger partial charge is 0.323 e. The lowest BCUT2D eigenvalue weighted by molar-refractivity contribution is -0.138. The van der Waals surface area contributed by atoms with Crippen molar-refractivity contribution in [3.05, 3.63) is 30.1 Å². The van der Waals surface area contributed by atoms with E-state index in [0.29, 0.717) is 5.69 Å². The number of aliphatic carboxylic acids is 2. The van der Waals surface area contributed by atoms with E-state index in [9.17, 15) is 14.0 Å². The Balaban J connectivity index is 2.77. The van der Waals surface area contributed by atoms with E-state index in [-0.39, 0.29) is 19.5 Å². The highest BCUT2D eigenvalue weighted by molar-refractivity contribution is 5.74. The van der Waals surface area contributed by atoms with Crippen molar-refractivity contribution in [2.24, 2.45) is 0 Å². The van der Waals surface area contributed by atoms with Gasteiger partial charge in [0.15, 0.2) is 0 Å². The molecule has 0 unspecified atom stereocenters. The normalized spacial score (nSPS) is 9.94. The van der Waals surface area contributed by atoms with Crippen molar-refractivity contribution < 1.29 is 24.2 Å². The largest absolute Gasteiger partial charge is 0.481 e. The molecule has 5 nitrogen and oxygen atoms in total. The van der Waals surface area contributed by atoms with Gasteiger partial charge in [0.05, 0.1) is 6.42 Å². The number of anilines is 1. The molecule has 0 aliphatic carbocycles. The van der Waals surface area contributed by atoms with E-state index in [1.165, 1.54) is 29.2 Å². The molecule has 0 aromatic heterocycles. The highest BCUT2D eigenvalue weighted by atomic mass is 19.1. The second kappa shape index (κ2) is 5.83. The Hall–Kier alpha value is -2.11. The van der Waals surface area contributed by atoms with Crippen LogP contribution in [0.15, 0.2) is 24.3 Å². The van der Waals surface area contributed by atoms with E-state index >= 15 is 0 Å². The second-order valence-electron chi connectivity index (χ2n) is 3.44. The number of hydrogen-bond donors (Lipinski definition) is 2. The molecule has 0 aliphatic rings. The number of benzene rings is 1. The molecule has 0 atom stereocenters. The topological polar surface area (TPSA) is 77.8 Å². The molecule has 0 bridgehead atoms. The van der Waals surface area contributed by atoms with Gasteiger partial charge in [0.1, 0.15) is 12.4 Å². The van der Waals surface area contributed by atoms with E-state index in [4.69, 9.17) is 10.2 Å². The Kier molecular flexibility index (Phi) is 4.45. The van der Waals surface area contributed by atoms with Gasteiger partial charge in [0.25, 0.3) is 0 Å². The Morgan fingerprint density at radius 1 is 1.12 bits per heavy atom. The van der Waals surface area contributed by atoms with Crippen LogP contribution in [0.25, 0.3) is 0 Å². The zero-order chi connectivity index (χ0) is 12.8. The van der Waals surface area contributed by atoms with E-state index in [1.807, 2.05) is 0 Å². The first kappa shape index (κ1) is 13.0. The number of rotatable bonds is 6. The number of carboxylic acid groups (broad SMARTS) is 2. The summed E-state index contributed by atoms with van der Waals surface area (Å²) in [5, 5.41) is 17.3. The fraction of sp³-hybridized carbons (Fsp3) is 0.273. The fourth-order valence-corrected chi connectivity index (χ4v) is 1.35. The van der Waals surface area contributed by atoms with Gasteiger partial charge in [-0.15, -0.1) is 0 Å². The molecule has 1 rings (SSSR count). The van der Waals surface area contributed by atoms with Gasteiger partial charge in [-0.05, 0) is 24.3 Å². The molecule has 0 saturated carbocycles. The molecule has 0 radical (unpaired) electrons. The molecule has 1 aromatic rings. The van der Waals surface area contributed by atoms with Crippen molar-refractivity contribution in [2.75, 3.05) is 18.0 Å². The van der Waals surface area contributed by atoms with Crippen molar-refractivity contribution in [1.82, 2.24) is 0 Å². The monoisotopic (exact) mass is 241 g/mol. The van der Waals surface area contributed by atoms with Crippen LogP contribution in [-0.2, 0) is 9.59 Å². The summed E-state index contributed by atoms with van der Waals surface area (Å²) in [6.07, 6.45) is -0.176. The predicted octanol–water partition coefficient (Wildman–Crippen LogP) is 1.19. The molecule has 0 aliphatic heterocycles. The maximum Gasteiger partial charge on any atom is 0.323 e. The number of carboxylic acids is 2. The third-order valence-corrected chi connectivity index (χ3v) is 2.11. The molecule has 6 heteroatoms. The van der Waals surface area contributed by atoms with Gasteiger partial charge in [0, 0.05) is 12.2 Å². The van der Waals surface area contributed by atoms with Crippen LogP contribution in [0.2, 0.25) is 0 Å². The summed E-state index contributed by atoms with van der Waals surface area (Å²) >= 11 is 0. The minimum absolute atomic E-state index is 0.0628. The van der Waals surface area contributed by atoms with E-state index in [1.54, 1.807) is 0 Å².